The topological polar surface area (TPSA) is 38.9 Å². The van der Waals surface area contributed by atoms with Crippen molar-refractivity contribution < 1.29 is 4.42 Å². The van der Waals surface area contributed by atoms with Crippen LogP contribution in [0.2, 0.25) is 0 Å². The summed E-state index contributed by atoms with van der Waals surface area (Å²) in [5.74, 6) is 0.665. The van der Waals surface area contributed by atoms with Gasteiger partial charge < -0.3 is 4.42 Å². The summed E-state index contributed by atoms with van der Waals surface area (Å²) in [7, 11) is 0. The van der Waals surface area contributed by atoms with E-state index < -0.39 is 0 Å². The molecule has 0 N–H and O–H groups in total. The van der Waals surface area contributed by atoms with E-state index in [0.29, 0.717) is 5.82 Å². The van der Waals surface area contributed by atoms with E-state index in [9.17, 15) is 0 Å². The molecule has 0 aliphatic rings. The van der Waals surface area contributed by atoms with Gasteiger partial charge in [-0.2, -0.15) is 0 Å². The molecule has 0 spiro atoms. The van der Waals surface area contributed by atoms with E-state index in [4.69, 9.17) is 14.4 Å². The predicted molar refractivity (Wildman–Crippen MR) is 245 cm³/mol. The molecule has 3 heteroatoms. The second-order valence-electron chi connectivity index (χ2n) is 15.0. The van der Waals surface area contributed by atoms with Crippen LogP contribution in [0.1, 0.15) is 0 Å². The molecule has 0 aliphatic carbocycles. The van der Waals surface area contributed by atoms with Gasteiger partial charge in [0.2, 0.25) is 0 Å². The minimum Gasteiger partial charge on any atom is -0.455 e. The highest BCUT2D eigenvalue weighted by Crippen LogP contribution is 2.41. The van der Waals surface area contributed by atoms with Gasteiger partial charge >= 0.3 is 0 Å². The van der Waals surface area contributed by atoms with Gasteiger partial charge in [0, 0.05) is 32.8 Å². The van der Waals surface area contributed by atoms with Gasteiger partial charge in [0.25, 0.3) is 0 Å². The van der Waals surface area contributed by atoms with Crippen LogP contribution in [-0.4, -0.2) is 9.97 Å². The van der Waals surface area contributed by atoms with Crippen molar-refractivity contribution in [2.75, 3.05) is 0 Å². The van der Waals surface area contributed by atoms with E-state index in [0.717, 1.165) is 83.0 Å². The molecule has 0 aliphatic heterocycles. The van der Waals surface area contributed by atoms with Crippen LogP contribution >= 0.6 is 0 Å². The van der Waals surface area contributed by atoms with E-state index in [1.54, 1.807) is 0 Å². The Morgan fingerprint density at radius 1 is 0.271 bits per heavy atom. The number of rotatable bonds is 7. The first kappa shape index (κ1) is 34.4. The van der Waals surface area contributed by atoms with Crippen molar-refractivity contribution in [1.82, 2.24) is 9.97 Å². The second-order valence-corrected chi connectivity index (χ2v) is 15.0. The Balaban J connectivity index is 1.06. The molecule has 9 aromatic carbocycles. The lowest BCUT2D eigenvalue weighted by Crippen LogP contribution is -1.97. The zero-order chi connectivity index (χ0) is 39.1. The first-order valence-electron chi connectivity index (χ1n) is 20.0. The monoisotopic (exact) mass is 752 g/mol. The summed E-state index contributed by atoms with van der Waals surface area (Å²) >= 11 is 0. The summed E-state index contributed by atoms with van der Waals surface area (Å²) in [5, 5.41) is 4.16. The van der Waals surface area contributed by atoms with E-state index in [1.165, 1.54) is 22.3 Å². The number of nitrogens with zero attached hydrogens (tertiary/aromatic N) is 2. The zero-order valence-corrected chi connectivity index (χ0v) is 32.1. The highest BCUT2D eigenvalue weighted by Gasteiger charge is 2.19. The molecule has 0 radical (unpaired) electrons. The summed E-state index contributed by atoms with van der Waals surface area (Å²) in [6.07, 6.45) is 0. The van der Waals surface area contributed by atoms with Crippen molar-refractivity contribution >= 4 is 32.7 Å². The number of hydrogen-bond donors (Lipinski definition) is 0. The predicted octanol–water partition coefficient (Wildman–Crippen LogP) is 15.2. The second kappa shape index (κ2) is 14.6. The minimum absolute atomic E-state index is 0.665. The van der Waals surface area contributed by atoms with E-state index in [2.05, 4.69) is 206 Å². The summed E-state index contributed by atoms with van der Waals surface area (Å²) in [4.78, 5) is 10.7. The normalized spacial score (nSPS) is 11.4. The van der Waals surface area contributed by atoms with Gasteiger partial charge in [0.15, 0.2) is 5.82 Å². The molecular weight excluding hydrogens is 717 g/mol. The largest absolute Gasteiger partial charge is 0.455 e. The minimum atomic E-state index is 0.665. The van der Waals surface area contributed by atoms with Crippen molar-refractivity contribution in [1.29, 1.82) is 0 Å². The summed E-state index contributed by atoms with van der Waals surface area (Å²) < 4.78 is 6.77. The van der Waals surface area contributed by atoms with Gasteiger partial charge in [-0.05, 0) is 80.2 Å². The van der Waals surface area contributed by atoms with Crippen LogP contribution in [-0.2, 0) is 0 Å². The molecule has 2 aromatic heterocycles. The Bertz CT molecular complexity index is 3180. The lowest BCUT2D eigenvalue weighted by molar-refractivity contribution is 0.673. The molecule has 11 rings (SSSR count). The molecule has 0 amide bonds. The molecular formula is C56H36N2O. The molecule has 3 nitrogen and oxygen atoms in total. The number of aromatic nitrogens is 2. The maximum Gasteiger partial charge on any atom is 0.161 e. The Labute approximate surface area is 342 Å². The summed E-state index contributed by atoms with van der Waals surface area (Å²) in [6.45, 7) is 0. The lowest BCUT2D eigenvalue weighted by Gasteiger charge is -2.12. The molecule has 0 atom stereocenters. The first-order chi connectivity index (χ1) is 29.2. The average Bonchev–Trinajstić information content (AvgIpc) is 3.70. The highest BCUT2D eigenvalue weighted by molar-refractivity contribution is 6.19. The van der Waals surface area contributed by atoms with E-state index in [-0.39, 0.29) is 0 Å². The number of fused-ring (bicyclic) bond motifs is 5. The van der Waals surface area contributed by atoms with E-state index >= 15 is 0 Å². The lowest BCUT2D eigenvalue weighted by atomic mass is 9.97. The van der Waals surface area contributed by atoms with Gasteiger partial charge in [-0.1, -0.05) is 188 Å². The number of benzene rings is 9. The average molecular weight is 753 g/mol. The van der Waals surface area contributed by atoms with Gasteiger partial charge in [-0.15, -0.1) is 0 Å². The van der Waals surface area contributed by atoms with Crippen LogP contribution < -0.4 is 0 Å². The van der Waals surface area contributed by atoms with Gasteiger partial charge in [0.05, 0.1) is 11.4 Å². The van der Waals surface area contributed by atoms with E-state index in [1.807, 2.05) is 12.1 Å². The van der Waals surface area contributed by atoms with Gasteiger partial charge in [0.1, 0.15) is 11.2 Å². The van der Waals surface area contributed by atoms with Crippen molar-refractivity contribution in [3.8, 4) is 78.4 Å². The maximum absolute atomic E-state index is 6.77. The van der Waals surface area contributed by atoms with Crippen LogP contribution in [0, 0.1) is 0 Å². The Hall–Kier alpha value is -7.88. The van der Waals surface area contributed by atoms with Crippen molar-refractivity contribution in [2.45, 2.75) is 0 Å². The Morgan fingerprint density at radius 3 is 1.27 bits per heavy atom. The molecule has 11 aromatic rings. The van der Waals surface area contributed by atoms with Crippen LogP contribution in [0.5, 0.6) is 0 Å². The van der Waals surface area contributed by atoms with Gasteiger partial charge in [-0.25, -0.2) is 9.97 Å². The van der Waals surface area contributed by atoms with Crippen LogP contribution in [0.3, 0.4) is 0 Å². The number of furan rings is 1. The standard InChI is InChI=1S/C56H36N2O/c1-4-13-37(14-5-1)40-23-27-42(28-24-40)52-36-53(43-29-25-41(26-30-43)38-15-6-2-7-16-38)58-56(57-52)51-35-50-48-32-31-46(34-54(48)59-55(50)49-22-11-10-21-47(49)51)45-20-12-19-44(33-45)39-17-8-3-9-18-39/h1-36H. The SMILES string of the molecule is c1ccc(-c2ccc(-c3cc(-c4ccc(-c5ccccc5)cc4)nc(-c4cc5c6ccc(-c7cccc(-c8ccccc8)c7)cc6oc5c5ccccc45)n3)cc2)cc1. The van der Waals surface area contributed by atoms with Crippen molar-refractivity contribution in [3.05, 3.63) is 218 Å². The van der Waals surface area contributed by atoms with Crippen LogP contribution in [0.15, 0.2) is 223 Å². The Kier molecular flexibility index (Phi) is 8.49. The summed E-state index contributed by atoms with van der Waals surface area (Å²) in [5.41, 5.74) is 15.8. The van der Waals surface area contributed by atoms with Crippen molar-refractivity contribution in [2.24, 2.45) is 0 Å². The van der Waals surface area contributed by atoms with Crippen molar-refractivity contribution in [3.63, 3.8) is 0 Å². The molecule has 59 heavy (non-hydrogen) atoms. The molecule has 0 fully saturated rings. The molecule has 0 saturated heterocycles. The molecule has 0 saturated carbocycles. The first-order valence-corrected chi connectivity index (χ1v) is 20.0. The van der Waals surface area contributed by atoms with Crippen LogP contribution in [0.4, 0.5) is 0 Å². The molecule has 0 unspecified atom stereocenters. The summed E-state index contributed by atoms with van der Waals surface area (Å²) in [6, 6.07) is 76.8. The fourth-order valence-corrected chi connectivity index (χ4v) is 8.26. The van der Waals surface area contributed by atoms with Crippen LogP contribution in [0.25, 0.3) is 111 Å². The fraction of sp³-hybridized carbons (Fsp3) is 0. The van der Waals surface area contributed by atoms with Gasteiger partial charge in [-0.3, -0.25) is 0 Å². The number of hydrogen-bond acceptors (Lipinski definition) is 3. The fourth-order valence-electron chi connectivity index (χ4n) is 8.26. The quantitative estimate of drug-likeness (QED) is 0.163. The third kappa shape index (κ3) is 6.45. The highest BCUT2D eigenvalue weighted by atomic mass is 16.3. The Morgan fingerprint density at radius 2 is 0.695 bits per heavy atom. The maximum atomic E-state index is 6.77. The smallest absolute Gasteiger partial charge is 0.161 e. The molecule has 276 valence electrons. The molecule has 2 heterocycles. The third-order valence-corrected chi connectivity index (χ3v) is 11.3. The third-order valence-electron chi connectivity index (χ3n) is 11.3. The molecule has 0 bridgehead atoms. The zero-order valence-electron chi connectivity index (χ0n) is 32.1.